The van der Waals surface area contributed by atoms with Gasteiger partial charge in [0.25, 0.3) is 0 Å². The Morgan fingerprint density at radius 3 is 2.80 bits per heavy atom. The van der Waals surface area contributed by atoms with E-state index in [0.29, 0.717) is 17.7 Å². The zero-order valence-corrected chi connectivity index (χ0v) is 12.7. The summed E-state index contributed by atoms with van der Waals surface area (Å²) in [5.74, 6) is -0.213. The molecule has 0 amide bonds. The molecule has 0 bridgehead atoms. The van der Waals surface area contributed by atoms with Crippen molar-refractivity contribution in [2.75, 3.05) is 19.6 Å². The van der Waals surface area contributed by atoms with Gasteiger partial charge in [0.05, 0.1) is 0 Å². The molecule has 1 heterocycles. The molecule has 2 rings (SSSR count). The molecular weight excluding hydrogens is 273 g/mol. The molecule has 1 aliphatic heterocycles. The van der Waals surface area contributed by atoms with Gasteiger partial charge in [-0.3, -0.25) is 4.90 Å². The number of rotatable bonds is 5. The minimum absolute atomic E-state index is 0.213. The number of halogens is 1. The van der Waals surface area contributed by atoms with Gasteiger partial charge in [-0.25, -0.2) is 4.39 Å². The Bertz CT molecular complexity index is 435. The molecule has 3 nitrogen and oxygen atoms in total. The van der Waals surface area contributed by atoms with E-state index >= 15 is 0 Å². The van der Waals surface area contributed by atoms with Crippen molar-refractivity contribution in [3.05, 3.63) is 35.6 Å². The van der Waals surface area contributed by atoms with Crippen LogP contribution in [0.25, 0.3) is 0 Å². The van der Waals surface area contributed by atoms with Crippen LogP contribution in [0.1, 0.15) is 25.3 Å². The van der Waals surface area contributed by atoms with E-state index in [9.17, 15) is 4.39 Å². The SMILES string of the molecule is CCN1CCC[C@H]1CNC(=S)NCc1ccc(F)cc1. The Balaban J connectivity index is 1.69. The summed E-state index contributed by atoms with van der Waals surface area (Å²) < 4.78 is 12.8. The smallest absolute Gasteiger partial charge is 0.166 e. The van der Waals surface area contributed by atoms with Crippen molar-refractivity contribution >= 4 is 17.3 Å². The number of likely N-dealkylation sites (N-methyl/N-ethyl adjacent to an activating group) is 1. The van der Waals surface area contributed by atoms with E-state index in [1.807, 2.05) is 0 Å². The molecular formula is C15H22FN3S. The predicted octanol–water partition coefficient (Wildman–Crippen LogP) is 2.27. The van der Waals surface area contributed by atoms with Crippen LogP contribution < -0.4 is 10.6 Å². The van der Waals surface area contributed by atoms with E-state index in [1.165, 1.54) is 31.5 Å². The van der Waals surface area contributed by atoms with E-state index in [-0.39, 0.29) is 5.82 Å². The highest BCUT2D eigenvalue weighted by atomic mass is 32.1. The van der Waals surface area contributed by atoms with Crippen molar-refractivity contribution in [1.29, 1.82) is 0 Å². The summed E-state index contributed by atoms with van der Waals surface area (Å²) in [5, 5.41) is 7.09. The first-order valence-electron chi connectivity index (χ1n) is 7.19. The zero-order chi connectivity index (χ0) is 14.4. The first kappa shape index (κ1) is 15.2. The summed E-state index contributed by atoms with van der Waals surface area (Å²) in [6.07, 6.45) is 2.51. The number of benzene rings is 1. The third kappa shape index (κ3) is 4.42. The third-order valence-corrected chi connectivity index (χ3v) is 4.06. The quantitative estimate of drug-likeness (QED) is 0.815. The monoisotopic (exact) mass is 295 g/mol. The molecule has 1 atom stereocenters. The van der Waals surface area contributed by atoms with Gasteiger partial charge in [0.1, 0.15) is 5.82 Å². The van der Waals surface area contributed by atoms with Crippen LogP contribution in [0.3, 0.4) is 0 Å². The molecule has 0 radical (unpaired) electrons. The van der Waals surface area contributed by atoms with Gasteiger partial charge in [0, 0.05) is 19.1 Å². The van der Waals surface area contributed by atoms with Crippen LogP contribution in [-0.2, 0) is 6.54 Å². The minimum Gasteiger partial charge on any atom is -0.361 e. The molecule has 1 fully saturated rings. The summed E-state index contributed by atoms with van der Waals surface area (Å²) in [4.78, 5) is 2.48. The number of thiocarbonyl (C=S) groups is 1. The number of nitrogens with zero attached hydrogens (tertiary/aromatic N) is 1. The number of hydrogen-bond acceptors (Lipinski definition) is 2. The molecule has 1 saturated heterocycles. The zero-order valence-electron chi connectivity index (χ0n) is 11.9. The highest BCUT2D eigenvalue weighted by Crippen LogP contribution is 2.15. The van der Waals surface area contributed by atoms with Crippen molar-refractivity contribution in [3.63, 3.8) is 0 Å². The standard InChI is InChI=1S/C15H22FN3S/c1-2-19-9-3-4-14(19)11-18-15(20)17-10-12-5-7-13(16)8-6-12/h5-8,14H,2-4,9-11H2,1H3,(H2,17,18,20)/t14-/m0/s1. The summed E-state index contributed by atoms with van der Waals surface area (Å²) in [7, 11) is 0. The Morgan fingerprint density at radius 1 is 1.35 bits per heavy atom. The number of hydrogen-bond donors (Lipinski definition) is 2. The molecule has 1 aliphatic rings. The molecule has 0 aromatic heterocycles. The fraction of sp³-hybridized carbons (Fsp3) is 0.533. The third-order valence-electron chi connectivity index (χ3n) is 3.77. The second kappa shape index (κ2) is 7.55. The van der Waals surface area contributed by atoms with Crippen LogP contribution in [0.2, 0.25) is 0 Å². The topological polar surface area (TPSA) is 27.3 Å². The fourth-order valence-electron chi connectivity index (χ4n) is 2.60. The molecule has 110 valence electrons. The minimum atomic E-state index is -0.213. The second-order valence-corrected chi connectivity index (χ2v) is 5.52. The lowest BCUT2D eigenvalue weighted by molar-refractivity contribution is 0.267. The van der Waals surface area contributed by atoms with E-state index in [2.05, 4.69) is 22.5 Å². The molecule has 1 aromatic carbocycles. The van der Waals surface area contributed by atoms with E-state index in [1.54, 1.807) is 12.1 Å². The maximum Gasteiger partial charge on any atom is 0.166 e. The highest BCUT2D eigenvalue weighted by Gasteiger charge is 2.22. The number of nitrogens with one attached hydrogen (secondary N) is 2. The van der Waals surface area contributed by atoms with Crippen molar-refractivity contribution in [2.24, 2.45) is 0 Å². The first-order chi connectivity index (χ1) is 9.69. The maximum absolute atomic E-state index is 12.8. The fourth-order valence-corrected chi connectivity index (χ4v) is 2.76. The Kier molecular flexibility index (Phi) is 5.73. The van der Waals surface area contributed by atoms with Crippen LogP contribution in [0.5, 0.6) is 0 Å². The van der Waals surface area contributed by atoms with E-state index in [0.717, 1.165) is 18.7 Å². The van der Waals surface area contributed by atoms with Crippen LogP contribution >= 0.6 is 12.2 Å². The Morgan fingerprint density at radius 2 is 2.10 bits per heavy atom. The summed E-state index contributed by atoms with van der Waals surface area (Å²) in [5.41, 5.74) is 1.02. The molecule has 0 aliphatic carbocycles. The highest BCUT2D eigenvalue weighted by molar-refractivity contribution is 7.80. The summed E-state index contributed by atoms with van der Waals surface area (Å²) >= 11 is 5.27. The van der Waals surface area contributed by atoms with E-state index < -0.39 is 0 Å². The van der Waals surface area contributed by atoms with Gasteiger partial charge in [-0.2, -0.15) is 0 Å². The Labute approximate surface area is 125 Å². The van der Waals surface area contributed by atoms with Gasteiger partial charge in [-0.1, -0.05) is 19.1 Å². The van der Waals surface area contributed by atoms with Gasteiger partial charge in [0.15, 0.2) is 5.11 Å². The normalized spacial score (nSPS) is 19.0. The average molecular weight is 295 g/mol. The molecule has 1 aromatic rings. The van der Waals surface area contributed by atoms with Crippen LogP contribution in [0.15, 0.2) is 24.3 Å². The molecule has 5 heteroatoms. The second-order valence-electron chi connectivity index (χ2n) is 5.11. The van der Waals surface area contributed by atoms with Gasteiger partial charge in [-0.05, 0) is 55.8 Å². The molecule has 0 spiro atoms. The first-order valence-corrected chi connectivity index (χ1v) is 7.60. The van der Waals surface area contributed by atoms with Crippen molar-refractivity contribution < 1.29 is 4.39 Å². The van der Waals surface area contributed by atoms with Crippen LogP contribution in [-0.4, -0.2) is 35.7 Å². The molecule has 0 saturated carbocycles. The van der Waals surface area contributed by atoms with Gasteiger partial charge in [-0.15, -0.1) is 0 Å². The van der Waals surface area contributed by atoms with Gasteiger partial charge < -0.3 is 10.6 Å². The summed E-state index contributed by atoms with van der Waals surface area (Å²) in [6.45, 7) is 6.00. The maximum atomic E-state index is 12.8. The summed E-state index contributed by atoms with van der Waals surface area (Å²) in [6, 6.07) is 7.04. The predicted molar refractivity (Wildman–Crippen MR) is 84.1 cm³/mol. The Hall–Kier alpha value is -1.20. The van der Waals surface area contributed by atoms with Crippen molar-refractivity contribution in [1.82, 2.24) is 15.5 Å². The molecule has 2 N–H and O–H groups in total. The largest absolute Gasteiger partial charge is 0.361 e. The lowest BCUT2D eigenvalue weighted by atomic mass is 10.2. The average Bonchev–Trinajstić information content (AvgIpc) is 2.92. The number of likely N-dealkylation sites (tertiary alicyclic amines) is 1. The molecule has 0 unspecified atom stereocenters. The van der Waals surface area contributed by atoms with Gasteiger partial charge in [0.2, 0.25) is 0 Å². The molecule has 20 heavy (non-hydrogen) atoms. The van der Waals surface area contributed by atoms with Crippen LogP contribution in [0.4, 0.5) is 4.39 Å². The van der Waals surface area contributed by atoms with E-state index in [4.69, 9.17) is 12.2 Å². The van der Waals surface area contributed by atoms with Crippen LogP contribution in [0, 0.1) is 5.82 Å². The van der Waals surface area contributed by atoms with Crippen molar-refractivity contribution in [3.8, 4) is 0 Å². The lowest BCUT2D eigenvalue weighted by Gasteiger charge is -2.23. The van der Waals surface area contributed by atoms with Crippen molar-refractivity contribution in [2.45, 2.75) is 32.4 Å². The van der Waals surface area contributed by atoms with Gasteiger partial charge >= 0.3 is 0 Å². The lowest BCUT2D eigenvalue weighted by Crippen LogP contribution is -2.43.